The van der Waals surface area contributed by atoms with E-state index in [1.54, 1.807) is 0 Å². The Hall–Kier alpha value is -0.570. The van der Waals surface area contributed by atoms with E-state index in [4.69, 9.17) is 0 Å². The highest BCUT2D eigenvalue weighted by Gasteiger charge is 2.48. The number of likely N-dealkylation sites (tertiary alicyclic amines) is 1. The summed E-state index contributed by atoms with van der Waals surface area (Å²) in [5.74, 6) is 1.38. The van der Waals surface area contributed by atoms with E-state index in [9.17, 15) is 9.90 Å². The largest absolute Gasteiger partial charge is 0.480 e. The molecule has 3 atom stereocenters. The molecule has 1 aliphatic heterocycles. The first-order valence-corrected chi connectivity index (χ1v) is 6.22. The van der Waals surface area contributed by atoms with Crippen molar-refractivity contribution in [1.29, 1.82) is 0 Å². The molecule has 0 aromatic heterocycles. The van der Waals surface area contributed by atoms with Crippen LogP contribution in [0.25, 0.3) is 0 Å². The Labute approximate surface area is 90.5 Å². The lowest BCUT2D eigenvalue weighted by Gasteiger charge is -2.23. The first-order valence-electron chi connectivity index (χ1n) is 6.22. The minimum absolute atomic E-state index is 0.155. The van der Waals surface area contributed by atoms with Gasteiger partial charge in [-0.15, -0.1) is 0 Å². The van der Waals surface area contributed by atoms with Gasteiger partial charge in [0.25, 0.3) is 0 Å². The van der Waals surface area contributed by atoms with Gasteiger partial charge < -0.3 is 5.11 Å². The lowest BCUT2D eigenvalue weighted by molar-refractivity contribution is -0.143. The maximum Gasteiger partial charge on any atom is 0.321 e. The molecule has 0 aromatic rings. The van der Waals surface area contributed by atoms with Crippen LogP contribution >= 0.6 is 0 Å². The monoisotopic (exact) mass is 209 g/mol. The van der Waals surface area contributed by atoms with Crippen molar-refractivity contribution in [2.24, 2.45) is 17.8 Å². The zero-order valence-corrected chi connectivity index (χ0v) is 9.06. The fourth-order valence-electron chi connectivity index (χ4n) is 3.55. The van der Waals surface area contributed by atoms with E-state index in [0.717, 1.165) is 25.4 Å². The Morgan fingerprint density at radius 2 is 2.07 bits per heavy atom. The predicted octanol–water partition coefficient (Wildman–Crippen LogP) is 1.58. The first kappa shape index (κ1) is 9.64. The Balaban J connectivity index is 1.73. The number of rotatable bonds is 3. The Bertz CT molecular complexity index is 275. The predicted molar refractivity (Wildman–Crippen MR) is 56.6 cm³/mol. The van der Waals surface area contributed by atoms with Gasteiger partial charge in [0.05, 0.1) is 0 Å². The normalized spacial score (nSPS) is 40.7. The third-order valence-electron chi connectivity index (χ3n) is 4.43. The van der Waals surface area contributed by atoms with Crippen molar-refractivity contribution in [2.75, 3.05) is 13.1 Å². The summed E-state index contributed by atoms with van der Waals surface area (Å²) in [6.45, 7) is 2.10. The second-order valence-electron chi connectivity index (χ2n) is 5.54. The van der Waals surface area contributed by atoms with Crippen LogP contribution in [0.2, 0.25) is 0 Å². The quantitative estimate of drug-likeness (QED) is 0.767. The van der Waals surface area contributed by atoms with Crippen molar-refractivity contribution in [3.05, 3.63) is 0 Å². The van der Waals surface area contributed by atoms with Crippen LogP contribution < -0.4 is 0 Å². The molecule has 0 radical (unpaired) electrons. The average Bonchev–Trinajstić information content (AvgIpc) is 2.72. The summed E-state index contributed by atoms with van der Waals surface area (Å²) in [4.78, 5) is 13.6. The second-order valence-corrected chi connectivity index (χ2v) is 5.54. The van der Waals surface area contributed by atoms with Crippen molar-refractivity contribution in [1.82, 2.24) is 4.90 Å². The smallest absolute Gasteiger partial charge is 0.321 e. The molecule has 1 heterocycles. The molecule has 3 fully saturated rings. The number of nitrogens with zero attached hydrogens (tertiary/aromatic N) is 1. The summed E-state index contributed by atoms with van der Waals surface area (Å²) in [5.41, 5.74) is 0. The highest BCUT2D eigenvalue weighted by molar-refractivity contribution is 5.74. The molecule has 3 nitrogen and oxygen atoms in total. The summed E-state index contributed by atoms with van der Waals surface area (Å²) in [6, 6.07) is -0.155. The topological polar surface area (TPSA) is 40.5 Å². The van der Waals surface area contributed by atoms with Crippen molar-refractivity contribution in [3.63, 3.8) is 0 Å². The average molecular weight is 209 g/mol. The number of hydrogen-bond acceptors (Lipinski definition) is 2. The van der Waals surface area contributed by atoms with Gasteiger partial charge in [0.2, 0.25) is 0 Å². The number of hydrogen-bond donors (Lipinski definition) is 1. The molecule has 2 aliphatic carbocycles. The summed E-state index contributed by atoms with van der Waals surface area (Å²) < 4.78 is 0. The second kappa shape index (κ2) is 3.48. The van der Waals surface area contributed by atoms with Gasteiger partial charge in [0.15, 0.2) is 0 Å². The summed E-state index contributed by atoms with van der Waals surface area (Å²) in [6.07, 6.45) is 6.28. The van der Waals surface area contributed by atoms with Crippen molar-refractivity contribution in [3.8, 4) is 0 Å². The molecule has 1 N–H and O–H groups in total. The molecular weight excluding hydrogens is 190 g/mol. The fourth-order valence-corrected chi connectivity index (χ4v) is 3.55. The van der Waals surface area contributed by atoms with Crippen LogP contribution in [-0.4, -0.2) is 35.1 Å². The molecule has 2 saturated carbocycles. The highest BCUT2D eigenvalue weighted by Crippen LogP contribution is 2.43. The fraction of sp³-hybridized carbons (Fsp3) is 0.917. The van der Waals surface area contributed by atoms with Crippen LogP contribution in [0.1, 0.15) is 32.1 Å². The van der Waals surface area contributed by atoms with Gasteiger partial charge in [-0.1, -0.05) is 6.42 Å². The molecule has 0 aromatic carbocycles. The molecule has 0 amide bonds. The minimum Gasteiger partial charge on any atom is -0.480 e. The van der Waals surface area contributed by atoms with Crippen LogP contribution in [0.4, 0.5) is 0 Å². The van der Waals surface area contributed by atoms with E-state index in [2.05, 4.69) is 4.90 Å². The van der Waals surface area contributed by atoms with E-state index in [-0.39, 0.29) is 6.04 Å². The van der Waals surface area contributed by atoms with E-state index in [1.807, 2.05) is 0 Å². The molecular formula is C12H19NO2. The van der Waals surface area contributed by atoms with Crippen LogP contribution in [0.5, 0.6) is 0 Å². The molecule has 3 aliphatic rings. The minimum atomic E-state index is -0.579. The third-order valence-corrected chi connectivity index (χ3v) is 4.43. The first-order chi connectivity index (χ1) is 7.25. The number of carboxylic acids is 1. The summed E-state index contributed by atoms with van der Waals surface area (Å²) in [7, 11) is 0. The van der Waals surface area contributed by atoms with Gasteiger partial charge in [0, 0.05) is 13.1 Å². The SMILES string of the molecule is O=C(O)C1C2CCCC2CN1CC1CC1. The maximum atomic E-state index is 11.3. The molecule has 3 heteroatoms. The van der Waals surface area contributed by atoms with Crippen molar-refractivity contribution < 1.29 is 9.90 Å². The zero-order valence-electron chi connectivity index (χ0n) is 9.06. The molecule has 15 heavy (non-hydrogen) atoms. The van der Waals surface area contributed by atoms with Gasteiger partial charge in [-0.25, -0.2) is 0 Å². The van der Waals surface area contributed by atoms with Gasteiger partial charge in [-0.05, 0) is 43.4 Å². The van der Waals surface area contributed by atoms with Gasteiger partial charge in [-0.2, -0.15) is 0 Å². The Morgan fingerprint density at radius 3 is 2.73 bits per heavy atom. The van der Waals surface area contributed by atoms with Crippen LogP contribution in [0, 0.1) is 17.8 Å². The number of fused-ring (bicyclic) bond motifs is 1. The molecule has 3 unspecified atom stereocenters. The van der Waals surface area contributed by atoms with Gasteiger partial charge in [0.1, 0.15) is 6.04 Å². The lowest BCUT2D eigenvalue weighted by Crippen LogP contribution is -2.40. The van der Waals surface area contributed by atoms with Crippen molar-refractivity contribution in [2.45, 2.75) is 38.1 Å². The molecule has 3 rings (SSSR count). The van der Waals surface area contributed by atoms with Crippen LogP contribution in [0.15, 0.2) is 0 Å². The van der Waals surface area contributed by atoms with E-state index in [0.29, 0.717) is 11.8 Å². The number of carboxylic acid groups (broad SMARTS) is 1. The number of aliphatic carboxylic acids is 1. The van der Waals surface area contributed by atoms with E-state index >= 15 is 0 Å². The van der Waals surface area contributed by atoms with Gasteiger partial charge in [-0.3, -0.25) is 9.69 Å². The number of carbonyl (C=O) groups is 1. The summed E-state index contributed by atoms with van der Waals surface area (Å²) in [5, 5.41) is 9.32. The zero-order chi connectivity index (χ0) is 10.4. The van der Waals surface area contributed by atoms with Crippen LogP contribution in [0.3, 0.4) is 0 Å². The highest BCUT2D eigenvalue weighted by atomic mass is 16.4. The third kappa shape index (κ3) is 1.67. The molecule has 0 bridgehead atoms. The lowest BCUT2D eigenvalue weighted by atomic mass is 9.94. The molecule has 1 saturated heterocycles. The van der Waals surface area contributed by atoms with Crippen molar-refractivity contribution >= 4 is 5.97 Å². The molecule has 0 spiro atoms. The molecule has 84 valence electrons. The Morgan fingerprint density at radius 1 is 1.27 bits per heavy atom. The van der Waals surface area contributed by atoms with Crippen LogP contribution in [-0.2, 0) is 4.79 Å². The standard InChI is InChI=1S/C12H19NO2/c14-12(15)11-10-3-1-2-9(10)7-13(11)6-8-4-5-8/h8-11H,1-7H2,(H,14,15). The Kier molecular flexibility index (Phi) is 2.23. The van der Waals surface area contributed by atoms with Gasteiger partial charge >= 0.3 is 5.97 Å². The maximum absolute atomic E-state index is 11.3. The van der Waals surface area contributed by atoms with E-state index < -0.39 is 5.97 Å². The van der Waals surface area contributed by atoms with E-state index in [1.165, 1.54) is 25.7 Å². The summed E-state index contributed by atoms with van der Waals surface area (Å²) >= 11 is 0.